The number of hydrogen-bond acceptors (Lipinski definition) is 7. The molecule has 1 fully saturated rings. The summed E-state index contributed by atoms with van der Waals surface area (Å²) in [6, 6.07) is 16.9. The van der Waals surface area contributed by atoms with Crippen LogP contribution in [0.25, 0.3) is 17.4 Å². The van der Waals surface area contributed by atoms with Crippen LogP contribution in [0.1, 0.15) is 12.7 Å². The highest BCUT2D eigenvalue weighted by Crippen LogP contribution is 2.33. The van der Waals surface area contributed by atoms with Gasteiger partial charge in [0.25, 0.3) is 10.9 Å². The summed E-state index contributed by atoms with van der Waals surface area (Å²) >= 11 is 1.000. The van der Waals surface area contributed by atoms with Crippen LogP contribution in [0.15, 0.2) is 75.0 Å². The number of furan rings is 1. The van der Waals surface area contributed by atoms with Gasteiger partial charge in [0.05, 0.1) is 27.7 Å². The van der Waals surface area contributed by atoms with Crippen molar-refractivity contribution >= 4 is 40.3 Å². The Morgan fingerprint density at radius 1 is 1.16 bits per heavy atom. The van der Waals surface area contributed by atoms with Crippen molar-refractivity contribution in [2.24, 2.45) is 4.99 Å². The summed E-state index contributed by atoms with van der Waals surface area (Å²) < 4.78 is 11.2. The van der Waals surface area contributed by atoms with Crippen molar-refractivity contribution in [3.8, 4) is 17.1 Å². The number of para-hydroxylation sites is 1. The van der Waals surface area contributed by atoms with Crippen molar-refractivity contribution in [3.05, 3.63) is 81.4 Å². The smallest absolute Gasteiger partial charge is 0.289 e. The Labute approximate surface area is 181 Å². The second kappa shape index (κ2) is 8.88. The van der Waals surface area contributed by atoms with E-state index in [-0.39, 0.29) is 10.9 Å². The standard InChI is InChI=1S/C22H17N3O5S/c1-2-29-15-9-7-14(8-10-15)23-21-20(31-22(26)24-21)13-16-11-12-19(30-16)17-5-3-4-6-18(17)25(27)28/h3-13H,2H2,1H3,(H,23,24,26)/b20-13-. The lowest BCUT2D eigenvalue weighted by atomic mass is 10.1. The minimum absolute atomic E-state index is 0.0408. The van der Waals surface area contributed by atoms with Crippen molar-refractivity contribution in [1.29, 1.82) is 0 Å². The molecule has 0 saturated carbocycles. The van der Waals surface area contributed by atoms with Crippen LogP contribution in [-0.2, 0) is 0 Å². The normalized spacial score (nSPS) is 16.0. The average molecular weight is 435 g/mol. The van der Waals surface area contributed by atoms with E-state index in [0.29, 0.717) is 40.1 Å². The number of carbonyl (C=O) groups is 1. The Bertz CT molecular complexity index is 1200. The molecule has 1 aliphatic rings. The molecular formula is C22H17N3O5S. The number of thioether (sulfide) groups is 1. The first-order chi connectivity index (χ1) is 15.0. The highest BCUT2D eigenvalue weighted by atomic mass is 32.2. The van der Waals surface area contributed by atoms with Gasteiger partial charge in [-0.3, -0.25) is 14.9 Å². The summed E-state index contributed by atoms with van der Waals surface area (Å²) in [7, 11) is 0. The van der Waals surface area contributed by atoms with E-state index in [9.17, 15) is 14.9 Å². The molecule has 1 saturated heterocycles. The van der Waals surface area contributed by atoms with E-state index in [2.05, 4.69) is 10.3 Å². The summed E-state index contributed by atoms with van der Waals surface area (Å²) in [5.41, 5.74) is 1.00. The van der Waals surface area contributed by atoms with E-state index in [4.69, 9.17) is 9.15 Å². The third kappa shape index (κ3) is 4.67. The monoisotopic (exact) mass is 435 g/mol. The zero-order chi connectivity index (χ0) is 21.8. The molecule has 1 N–H and O–H groups in total. The molecular weight excluding hydrogens is 418 g/mol. The van der Waals surface area contributed by atoms with E-state index in [0.717, 1.165) is 17.5 Å². The van der Waals surface area contributed by atoms with Crippen LogP contribution in [0.5, 0.6) is 5.75 Å². The van der Waals surface area contributed by atoms with Gasteiger partial charge in [-0.05, 0) is 67.2 Å². The molecule has 156 valence electrons. The molecule has 3 aromatic rings. The minimum Gasteiger partial charge on any atom is -0.494 e. The number of amidine groups is 1. The van der Waals surface area contributed by atoms with Crippen LogP contribution in [0.4, 0.5) is 16.2 Å². The van der Waals surface area contributed by atoms with E-state index in [1.54, 1.807) is 48.5 Å². The molecule has 4 rings (SSSR count). The number of hydrogen-bond donors (Lipinski definition) is 1. The molecule has 0 atom stereocenters. The van der Waals surface area contributed by atoms with E-state index < -0.39 is 4.92 Å². The van der Waals surface area contributed by atoms with Crippen LogP contribution in [0.3, 0.4) is 0 Å². The number of nitrogens with zero attached hydrogens (tertiary/aromatic N) is 2. The molecule has 0 bridgehead atoms. The van der Waals surface area contributed by atoms with Gasteiger partial charge >= 0.3 is 0 Å². The van der Waals surface area contributed by atoms with Gasteiger partial charge in [0.15, 0.2) is 0 Å². The zero-order valence-corrected chi connectivity index (χ0v) is 17.2. The van der Waals surface area contributed by atoms with Crippen molar-refractivity contribution in [2.45, 2.75) is 6.92 Å². The maximum atomic E-state index is 11.9. The third-order valence-electron chi connectivity index (χ3n) is 4.31. The largest absolute Gasteiger partial charge is 0.494 e. The van der Waals surface area contributed by atoms with Crippen LogP contribution in [0, 0.1) is 10.1 Å². The number of nitro groups is 1. The summed E-state index contributed by atoms with van der Waals surface area (Å²) in [6.45, 7) is 2.48. The molecule has 1 aliphatic heterocycles. The number of aliphatic imine (C=N–C) groups is 1. The Hall–Kier alpha value is -3.85. The lowest BCUT2D eigenvalue weighted by Gasteiger charge is -2.03. The predicted molar refractivity (Wildman–Crippen MR) is 120 cm³/mol. The average Bonchev–Trinajstić information content (AvgIpc) is 3.36. The molecule has 8 nitrogen and oxygen atoms in total. The zero-order valence-electron chi connectivity index (χ0n) is 16.4. The fourth-order valence-corrected chi connectivity index (χ4v) is 3.69. The lowest BCUT2D eigenvalue weighted by molar-refractivity contribution is -0.384. The number of amides is 1. The maximum absolute atomic E-state index is 11.9. The van der Waals surface area contributed by atoms with Gasteiger partial charge in [-0.15, -0.1) is 0 Å². The second-order valence-electron chi connectivity index (χ2n) is 6.39. The van der Waals surface area contributed by atoms with Gasteiger partial charge in [-0.2, -0.15) is 0 Å². The number of benzene rings is 2. The molecule has 2 aromatic carbocycles. The van der Waals surface area contributed by atoms with Gasteiger partial charge in [-0.1, -0.05) is 12.1 Å². The van der Waals surface area contributed by atoms with Gasteiger partial charge < -0.3 is 14.5 Å². The minimum atomic E-state index is -0.451. The van der Waals surface area contributed by atoms with E-state index in [1.165, 1.54) is 6.07 Å². The van der Waals surface area contributed by atoms with Gasteiger partial charge in [-0.25, -0.2) is 4.99 Å². The molecule has 0 radical (unpaired) electrons. The van der Waals surface area contributed by atoms with Crippen molar-refractivity contribution in [3.63, 3.8) is 0 Å². The quantitative estimate of drug-likeness (QED) is 0.388. The first kappa shape index (κ1) is 20.4. The van der Waals surface area contributed by atoms with Crippen molar-refractivity contribution in [1.82, 2.24) is 5.32 Å². The third-order valence-corrected chi connectivity index (χ3v) is 5.13. The van der Waals surface area contributed by atoms with Crippen LogP contribution in [0.2, 0.25) is 0 Å². The number of nitrogens with one attached hydrogen (secondary N) is 1. The molecule has 0 aliphatic carbocycles. The highest BCUT2D eigenvalue weighted by Gasteiger charge is 2.24. The number of nitro benzene ring substituents is 1. The fraction of sp³-hybridized carbons (Fsp3) is 0.0909. The fourth-order valence-electron chi connectivity index (χ4n) is 2.97. The summed E-state index contributed by atoms with van der Waals surface area (Å²) in [6.07, 6.45) is 1.67. The molecule has 0 spiro atoms. The lowest BCUT2D eigenvalue weighted by Crippen LogP contribution is -2.18. The molecule has 9 heteroatoms. The van der Waals surface area contributed by atoms with E-state index >= 15 is 0 Å². The van der Waals surface area contributed by atoms with Crippen LogP contribution < -0.4 is 10.1 Å². The van der Waals surface area contributed by atoms with Crippen molar-refractivity contribution < 1.29 is 18.9 Å². The first-order valence-corrected chi connectivity index (χ1v) is 10.2. The Balaban J connectivity index is 1.62. The summed E-state index contributed by atoms with van der Waals surface area (Å²) in [4.78, 5) is 27.8. The summed E-state index contributed by atoms with van der Waals surface area (Å²) in [5.74, 6) is 1.96. The van der Waals surface area contributed by atoms with E-state index in [1.807, 2.05) is 19.1 Å². The topological polar surface area (TPSA) is 107 Å². The predicted octanol–water partition coefficient (Wildman–Crippen LogP) is 5.78. The number of ether oxygens (including phenoxy) is 1. The highest BCUT2D eigenvalue weighted by molar-refractivity contribution is 8.18. The Morgan fingerprint density at radius 2 is 1.94 bits per heavy atom. The molecule has 1 amide bonds. The number of rotatable bonds is 6. The van der Waals surface area contributed by atoms with Crippen LogP contribution >= 0.6 is 11.8 Å². The SMILES string of the molecule is CCOc1ccc(N=C2NC(=O)S/C2=C\c2ccc(-c3ccccc3[N+](=O)[O-])o2)cc1. The number of carbonyl (C=O) groups excluding carboxylic acids is 1. The van der Waals surface area contributed by atoms with Gasteiger partial charge in [0.1, 0.15) is 23.1 Å². The second-order valence-corrected chi connectivity index (χ2v) is 7.40. The molecule has 2 heterocycles. The first-order valence-electron chi connectivity index (χ1n) is 9.39. The van der Waals surface area contributed by atoms with Crippen LogP contribution in [-0.4, -0.2) is 22.6 Å². The van der Waals surface area contributed by atoms with Crippen molar-refractivity contribution in [2.75, 3.05) is 6.61 Å². The van der Waals surface area contributed by atoms with Gasteiger partial charge in [0, 0.05) is 6.07 Å². The Morgan fingerprint density at radius 3 is 2.68 bits per heavy atom. The van der Waals surface area contributed by atoms with Gasteiger partial charge in [0.2, 0.25) is 0 Å². The Kier molecular flexibility index (Phi) is 5.85. The summed E-state index contributed by atoms with van der Waals surface area (Å²) in [5, 5.41) is 13.7. The molecule has 0 unspecified atom stereocenters. The maximum Gasteiger partial charge on any atom is 0.289 e. The molecule has 31 heavy (non-hydrogen) atoms. The molecule has 1 aromatic heterocycles.